The second-order valence-corrected chi connectivity index (χ2v) is 8.48. The van der Waals surface area contributed by atoms with Gasteiger partial charge in [0, 0.05) is 28.8 Å². The number of hydrogen-bond donors (Lipinski definition) is 1. The molecule has 0 saturated heterocycles. The lowest BCUT2D eigenvalue weighted by atomic mass is 10.1. The first kappa shape index (κ1) is 22.4. The van der Waals surface area contributed by atoms with Gasteiger partial charge >= 0.3 is 0 Å². The van der Waals surface area contributed by atoms with E-state index in [0.29, 0.717) is 39.1 Å². The van der Waals surface area contributed by atoms with Crippen molar-refractivity contribution in [3.63, 3.8) is 0 Å². The SMILES string of the molecule is COc1cc(NC2=C(c3cccs3)C(=O)N(c3ccccc3OC(C)C)C2=O)cc(OC)c1. The Morgan fingerprint density at radius 3 is 2.21 bits per heavy atom. The normalized spacial score (nSPS) is 13.7. The van der Waals surface area contributed by atoms with Crippen LogP contribution in [0.1, 0.15) is 18.7 Å². The maximum atomic E-state index is 13.6. The summed E-state index contributed by atoms with van der Waals surface area (Å²) < 4.78 is 16.6. The fourth-order valence-electron chi connectivity index (χ4n) is 3.53. The minimum Gasteiger partial charge on any atom is -0.497 e. The van der Waals surface area contributed by atoms with Crippen molar-refractivity contribution < 1.29 is 23.8 Å². The zero-order chi connectivity index (χ0) is 23.5. The number of thiophene rings is 1. The summed E-state index contributed by atoms with van der Waals surface area (Å²) in [7, 11) is 3.10. The largest absolute Gasteiger partial charge is 0.497 e. The van der Waals surface area contributed by atoms with Crippen LogP contribution >= 0.6 is 11.3 Å². The fourth-order valence-corrected chi connectivity index (χ4v) is 4.30. The summed E-state index contributed by atoms with van der Waals surface area (Å²) >= 11 is 1.39. The van der Waals surface area contributed by atoms with Crippen LogP contribution in [0.15, 0.2) is 65.7 Å². The van der Waals surface area contributed by atoms with Crippen molar-refractivity contribution in [2.45, 2.75) is 20.0 Å². The first-order valence-electron chi connectivity index (χ1n) is 10.4. The molecule has 1 N–H and O–H groups in total. The number of amides is 2. The molecule has 2 amide bonds. The zero-order valence-corrected chi connectivity index (χ0v) is 19.6. The van der Waals surface area contributed by atoms with Crippen LogP contribution in [-0.2, 0) is 9.59 Å². The Kier molecular flexibility index (Phi) is 6.37. The molecule has 0 aliphatic carbocycles. The number of anilines is 2. The fraction of sp³-hybridized carbons (Fsp3) is 0.200. The minimum absolute atomic E-state index is 0.120. The predicted molar refractivity (Wildman–Crippen MR) is 129 cm³/mol. The number of para-hydroxylation sites is 2. The number of benzene rings is 2. The van der Waals surface area contributed by atoms with Crippen LogP contribution in [0.2, 0.25) is 0 Å². The smallest absolute Gasteiger partial charge is 0.282 e. The van der Waals surface area contributed by atoms with Crippen LogP contribution in [0.4, 0.5) is 11.4 Å². The molecule has 0 spiro atoms. The lowest BCUT2D eigenvalue weighted by Gasteiger charge is -2.20. The van der Waals surface area contributed by atoms with Crippen molar-refractivity contribution in [2.75, 3.05) is 24.4 Å². The molecule has 2 heterocycles. The van der Waals surface area contributed by atoms with E-state index >= 15 is 0 Å². The topological polar surface area (TPSA) is 77.1 Å². The van der Waals surface area contributed by atoms with Gasteiger partial charge in [-0.15, -0.1) is 11.3 Å². The van der Waals surface area contributed by atoms with Crippen molar-refractivity contribution in [3.05, 3.63) is 70.6 Å². The van der Waals surface area contributed by atoms with Gasteiger partial charge in [0.15, 0.2) is 0 Å². The summed E-state index contributed by atoms with van der Waals surface area (Å²) in [5.41, 5.74) is 1.44. The molecule has 1 aliphatic rings. The van der Waals surface area contributed by atoms with E-state index in [0.717, 1.165) is 4.90 Å². The van der Waals surface area contributed by atoms with E-state index in [-0.39, 0.29) is 11.8 Å². The molecule has 4 rings (SSSR count). The van der Waals surface area contributed by atoms with Crippen LogP contribution < -0.4 is 24.4 Å². The van der Waals surface area contributed by atoms with Gasteiger partial charge in [-0.25, -0.2) is 4.90 Å². The minimum atomic E-state index is -0.468. The number of imide groups is 1. The van der Waals surface area contributed by atoms with Crippen LogP contribution in [-0.4, -0.2) is 32.1 Å². The molecule has 170 valence electrons. The highest BCUT2D eigenvalue weighted by Crippen LogP contribution is 2.39. The summed E-state index contributed by atoms with van der Waals surface area (Å²) in [4.78, 5) is 29.1. The Labute approximate surface area is 196 Å². The van der Waals surface area contributed by atoms with Gasteiger partial charge in [-0.05, 0) is 37.4 Å². The lowest BCUT2D eigenvalue weighted by Crippen LogP contribution is -2.33. The Bertz CT molecular complexity index is 1200. The van der Waals surface area contributed by atoms with Crippen LogP contribution in [0.3, 0.4) is 0 Å². The average Bonchev–Trinajstić information content (AvgIpc) is 3.40. The third-order valence-corrected chi connectivity index (χ3v) is 5.83. The van der Waals surface area contributed by atoms with Gasteiger partial charge in [0.2, 0.25) is 0 Å². The monoisotopic (exact) mass is 464 g/mol. The molecule has 0 radical (unpaired) electrons. The first-order valence-corrected chi connectivity index (χ1v) is 11.2. The van der Waals surface area contributed by atoms with Crippen LogP contribution in [0.5, 0.6) is 17.2 Å². The highest BCUT2D eigenvalue weighted by Gasteiger charge is 2.42. The van der Waals surface area contributed by atoms with Crippen molar-refractivity contribution in [1.29, 1.82) is 0 Å². The van der Waals surface area contributed by atoms with E-state index in [1.165, 1.54) is 11.3 Å². The van der Waals surface area contributed by atoms with Gasteiger partial charge in [0.05, 0.1) is 31.6 Å². The number of nitrogens with one attached hydrogen (secondary N) is 1. The number of hydrogen-bond acceptors (Lipinski definition) is 7. The second-order valence-electron chi connectivity index (χ2n) is 7.53. The Morgan fingerprint density at radius 2 is 1.61 bits per heavy atom. The molecule has 0 fully saturated rings. The standard InChI is InChI=1S/C25H24N2O5S/c1-15(2)32-20-9-6-5-8-19(20)27-24(28)22(21-10-7-11-33-21)23(25(27)29)26-16-12-17(30-3)14-18(13-16)31-4/h5-15,26H,1-4H3. The third-order valence-electron chi connectivity index (χ3n) is 4.94. The molecular formula is C25H24N2O5S. The summed E-state index contributed by atoms with van der Waals surface area (Å²) in [6, 6.07) is 15.9. The average molecular weight is 465 g/mol. The highest BCUT2D eigenvalue weighted by atomic mass is 32.1. The summed E-state index contributed by atoms with van der Waals surface area (Å²) in [6.07, 6.45) is -0.120. The van der Waals surface area contributed by atoms with Gasteiger partial charge in [-0.1, -0.05) is 18.2 Å². The summed E-state index contributed by atoms with van der Waals surface area (Å²) in [5, 5.41) is 5.01. The molecular weight excluding hydrogens is 440 g/mol. The molecule has 1 aliphatic heterocycles. The van der Waals surface area contributed by atoms with E-state index in [9.17, 15) is 9.59 Å². The Balaban J connectivity index is 1.80. The molecule has 8 heteroatoms. The molecule has 33 heavy (non-hydrogen) atoms. The zero-order valence-electron chi connectivity index (χ0n) is 18.7. The summed E-state index contributed by atoms with van der Waals surface area (Å²) in [6.45, 7) is 3.78. The lowest BCUT2D eigenvalue weighted by molar-refractivity contribution is -0.120. The second kappa shape index (κ2) is 9.38. The van der Waals surface area contributed by atoms with E-state index < -0.39 is 11.8 Å². The maximum absolute atomic E-state index is 13.6. The Morgan fingerprint density at radius 1 is 0.909 bits per heavy atom. The Hall–Kier alpha value is -3.78. The van der Waals surface area contributed by atoms with Crippen molar-refractivity contribution in [1.82, 2.24) is 0 Å². The predicted octanol–water partition coefficient (Wildman–Crippen LogP) is 4.95. The molecule has 0 atom stereocenters. The molecule has 0 bridgehead atoms. The number of rotatable bonds is 8. The van der Waals surface area contributed by atoms with Gasteiger partial charge in [-0.2, -0.15) is 0 Å². The van der Waals surface area contributed by atoms with E-state index in [1.54, 1.807) is 50.6 Å². The molecule has 1 aromatic heterocycles. The van der Waals surface area contributed by atoms with Gasteiger partial charge in [-0.3, -0.25) is 9.59 Å². The van der Waals surface area contributed by atoms with Gasteiger partial charge in [0.1, 0.15) is 22.9 Å². The number of carbonyl (C=O) groups excluding carboxylic acids is 2. The van der Waals surface area contributed by atoms with Crippen LogP contribution in [0.25, 0.3) is 5.57 Å². The van der Waals surface area contributed by atoms with Crippen molar-refractivity contribution >= 4 is 40.1 Å². The van der Waals surface area contributed by atoms with E-state index in [2.05, 4.69) is 5.32 Å². The number of ether oxygens (including phenoxy) is 3. The number of methoxy groups -OCH3 is 2. The number of carbonyl (C=O) groups is 2. The molecule has 7 nitrogen and oxygen atoms in total. The maximum Gasteiger partial charge on any atom is 0.282 e. The van der Waals surface area contributed by atoms with Crippen LogP contribution in [0, 0.1) is 0 Å². The first-order chi connectivity index (χ1) is 15.9. The van der Waals surface area contributed by atoms with E-state index in [1.807, 2.05) is 37.4 Å². The van der Waals surface area contributed by atoms with Crippen molar-refractivity contribution in [3.8, 4) is 17.2 Å². The third kappa shape index (κ3) is 4.42. The quantitative estimate of drug-likeness (QED) is 0.476. The van der Waals surface area contributed by atoms with Crippen molar-refractivity contribution in [2.24, 2.45) is 0 Å². The number of nitrogens with zero attached hydrogens (tertiary/aromatic N) is 1. The van der Waals surface area contributed by atoms with E-state index in [4.69, 9.17) is 14.2 Å². The molecule has 2 aromatic carbocycles. The van der Waals surface area contributed by atoms with Gasteiger partial charge < -0.3 is 19.5 Å². The highest BCUT2D eigenvalue weighted by molar-refractivity contribution is 7.11. The molecule has 0 unspecified atom stereocenters. The van der Waals surface area contributed by atoms with Gasteiger partial charge in [0.25, 0.3) is 11.8 Å². The molecule has 3 aromatic rings. The molecule has 0 saturated carbocycles. The summed E-state index contributed by atoms with van der Waals surface area (Å²) in [5.74, 6) is 0.688.